The Morgan fingerprint density at radius 1 is 0.488 bits per heavy atom. The first kappa shape index (κ1) is 35.7. The van der Waals surface area contributed by atoms with E-state index in [1.54, 1.807) is 12.1 Å². The maximum absolute atomic E-state index is 11.0. The van der Waals surface area contributed by atoms with Crippen molar-refractivity contribution in [1.29, 1.82) is 0 Å². The molecule has 41 heavy (non-hydrogen) atoms. The monoisotopic (exact) mass is 622 g/mol. The second-order valence-electron chi connectivity index (χ2n) is 10.2. The number of aryl methyl sites for hydroxylation is 2. The van der Waals surface area contributed by atoms with Gasteiger partial charge in [0, 0.05) is 0 Å². The number of rotatable bonds is 12. The van der Waals surface area contributed by atoms with Gasteiger partial charge in [0.15, 0.2) is 0 Å². The van der Waals surface area contributed by atoms with Gasteiger partial charge in [-0.15, -0.1) is 0 Å². The summed E-state index contributed by atoms with van der Waals surface area (Å²) in [6.07, 6.45) is 11.6. The van der Waals surface area contributed by atoms with Gasteiger partial charge in [0.1, 0.15) is 20.2 Å². The maximum atomic E-state index is 11.0. The van der Waals surface area contributed by atoms with Gasteiger partial charge in [-0.05, 0) is 82.6 Å². The SMILES string of the molecule is CCCCCCc1ccc2ccc(S(=O)(=O)[O-])cc2c1.CCCCCCc1ccc2ccc(S(=O)(=O)[O-])cc2c1.[Ca+2]. The average molecular weight is 623 g/mol. The molecule has 0 bridgehead atoms. The molecule has 0 unspecified atom stereocenters. The normalized spacial score (nSPS) is 11.6. The van der Waals surface area contributed by atoms with E-state index in [9.17, 15) is 25.9 Å². The fraction of sp³-hybridized carbons (Fsp3) is 0.375. The molecule has 0 aliphatic rings. The Hall–Kier alpha value is -1.52. The van der Waals surface area contributed by atoms with Crippen molar-refractivity contribution < 1.29 is 25.9 Å². The third-order valence-electron chi connectivity index (χ3n) is 6.97. The van der Waals surface area contributed by atoms with Crippen LogP contribution in [0.1, 0.15) is 76.3 Å². The van der Waals surface area contributed by atoms with Crippen LogP contribution in [0, 0.1) is 0 Å². The third kappa shape index (κ3) is 11.6. The van der Waals surface area contributed by atoms with E-state index in [-0.39, 0.29) is 47.5 Å². The zero-order valence-electron chi connectivity index (χ0n) is 24.0. The molecule has 0 fully saturated rings. The minimum absolute atomic E-state index is 0. The molecule has 0 amide bonds. The minimum atomic E-state index is -4.38. The van der Waals surface area contributed by atoms with E-state index in [1.165, 1.54) is 73.9 Å². The van der Waals surface area contributed by atoms with E-state index in [1.807, 2.05) is 24.3 Å². The van der Waals surface area contributed by atoms with Crippen LogP contribution < -0.4 is 0 Å². The molecule has 4 aromatic carbocycles. The van der Waals surface area contributed by atoms with Crippen molar-refractivity contribution in [3.63, 3.8) is 0 Å². The summed E-state index contributed by atoms with van der Waals surface area (Å²) in [5.74, 6) is 0. The number of hydrogen-bond donors (Lipinski definition) is 0. The topological polar surface area (TPSA) is 114 Å². The fourth-order valence-electron chi connectivity index (χ4n) is 4.68. The van der Waals surface area contributed by atoms with Crippen LogP contribution in [0.3, 0.4) is 0 Å². The number of benzene rings is 4. The summed E-state index contributed by atoms with van der Waals surface area (Å²) in [4.78, 5) is -0.318. The molecule has 0 saturated carbocycles. The van der Waals surface area contributed by atoms with Crippen LogP contribution in [-0.4, -0.2) is 63.7 Å². The predicted octanol–water partition coefficient (Wildman–Crippen LogP) is 7.35. The van der Waals surface area contributed by atoms with Crippen LogP contribution in [0.4, 0.5) is 0 Å². The Bertz CT molecular complexity index is 1510. The molecular formula is C32H38CaO6S2. The van der Waals surface area contributed by atoms with Gasteiger partial charge in [-0.25, -0.2) is 16.8 Å². The van der Waals surface area contributed by atoms with E-state index in [4.69, 9.17) is 0 Å². The Morgan fingerprint density at radius 2 is 0.854 bits per heavy atom. The third-order valence-corrected chi connectivity index (χ3v) is 8.63. The first-order valence-corrected chi connectivity index (χ1v) is 16.8. The van der Waals surface area contributed by atoms with Crippen molar-refractivity contribution in [2.24, 2.45) is 0 Å². The molecule has 0 radical (unpaired) electrons. The Morgan fingerprint density at radius 3 is 1.20 bits per heavy atom. The molecule has 4 aromatic rings. The zero-order chi connectivity index (χ0) is 29.2. The first-order valence-electron chi connectivity index (χ1n) is 14.0. The standard InChI is InChI=1S/2C16H20O3S.Ca/c2*1-2-3-4-5-6-13-7-8-14-9-10-16(20(17,18)19)12-15(14)11-13;/h2*7-12H,2-6H2,1H3,(H,17,18,19);/q;;+2/p-2. The van der Waals surface area contributed by atoms with Crippen LogP contribution in [0.5, 0.6) is 0 Å². The summed E-state index contributed by atoms with van der Waals surface area (Å²) in [6, 6.07) is 21.1. The largest absolute Gasteiger partial charge is 2.00 e. The summed E-state index contributed by atoms with van der Waals surface area (Å²) in [5, 5.41) is 3.54. The van der Waals surface area contributed by atoms with Crippen LogP contribution in [0.2, 0.25) is 0 Å². The summed E-state index contributed by atoms with van der Waals surface area (Å²) in [5.41, 5.74) is 2.38. The minimum Gasteiger partial charge on any atom is -0.744 e. The summed E-state index contributed by atoms with van der Waals surface area (Å²) < 4.78 is 66.3. The van der Waals surface area contributed by atoms with Gasteiger partial charge in [-0.2, -0.15) is 0 Å². The molecule has 0 N–H and O–H groups in total. The molecule has 0 heterocycles. The Kier molecular flexibility index (Phi) is 14.7. The number of unbranched alkanes of at least 4 members (excludes halogenated alkanes) is 6. The summed E-state index contributed by atoms with van der Waals surface area (Å²) in [7, 11) is -8.76. The second kappa shape index (κ2) is 16.9. The fourth-order valence-corrected chi connectivity index (χ4v) is 5.69. The maximum Gasteiger partial charge on any atom is 2.00 e. The molecule has 0 atom stereocenters. The molecule has 0 aliphatic carbocycles. The van der Waals surface area contributed by atoms with Gasteiger partial charge >= 0.3 is 37.7 Å². The molecule has 0 saturated heterocycles. The van der Waals surface area contributed by atoms with Crippen LogP contribution in [0.25, 0.3) is 21.5 Å². The molecule has 0 aliphatic heterocycles. The molecule has 4 rings (SSSR count). The van der Waals surface area contributed by atoms with Crippen molar-refractivity contribution in [3.8, 4) is 0 Å². The molecule has 9 heteroatoms. The van der Waals surface area contributed by atoms with Crippen molar-refractivity contribution in [3.05, 3.63) is 83.9 Å². The van der Waals surface area contributed by atoms with Gasteiger partial charge in [0.2, 0.25) is 0 Å². The van der Waals surface area contributed by atoms with Crippen molar-refractivity contribution in [2.75, 3.05) is 0 Å². The molecule has 0 spiro atoms. The van der Waals surface area contributed by atoms with E-state index in [0.717, 1.165) is 47.2 Å². The first-order chi connectivity index (χ1) is 19.0. The van der Waals surface area contributed by atoms with Gasteiger partial charge in [0.05, 0.1) is 9.79 Å². The number of hydrogen-bond acceptors (Lipinski definition) is 6. The molecule has 6 nitrogen and oxygen atoms in total. The molecule has 0 aromatic heterocycles. The van der Waals surface area contributed by atoms with Crippen LogP contribution in [0.15, 0.2) is 82.6 Å². The average Bonchev–Trinajstić information content (AvgIpc) is 2.92. The molecule has 216 valence electrons. The van der Waals surface area contributed by atoms with Crippen molar-refractivity contribution in [2.45, 2.75) is 87.8 Å². The van der Waals surface area contributed by atoms with Gasteiger partial charge in [-0.1, -0.05) is 101 Å². The summed E-state index contributed by atoms with van der Waals surface area (Å²) >= 11 is 0. The van der Waals surface area contributed by atoms with E-state index in [0.29, 0.717) is 0 Å². The smallest absolute Gasteiger partial charge is 0.744 e. The Labute approximate surface area is 275 Å². The van der Waals surface area contributed by atoms with Crippen LogP contribution in [-0.2, 0) is 33.1 Å². The van der Waals surface area contributed by atoms with E-state index >= 15 is 0 Å². The number of fused-ring (bicyclic) bond motifs is 2. The predicted molar refractivity (Wildman–Crippen MR) is 165 cm³/mol. The van der Waals surface area contributed by atoms with E-state index < -0.39 is 20.2 Å². The van der Waals surface area contributed by atoms with Gasteiger partial charge in [0.25, 0.3) is 0 Å². The second-order valence-corrected chi connectivity index (χ2v) is 13.0. The van der Waals surface area contributed by atoms with Crippen molar-refractivity contribution in [1.82, 2.24) is 0 Å². The van der Waals surface area contributed by atoms with Crippen LogP contribution >= 0.6 is 0 Å². The quantitative estimate of drug-likeness (QED) is 0.0927. The van der Waals surface area contributed by atoms with Gasteiger partial charge < -0.3 is 9.11 Å². The van der Waals surface area contributed by atoms with E-state index in [2.05, 4.69) is 26.0 Å². The van der Waals surface area contributed by atoms with Gasteiger partial charge in [-0.3, -0.25) is 0 Å². The Balaban J connectivity index is 0.000000280. The zero-order valence-corrected chi connectivity index (χ0v) is 27.8. The van der Waals surface area contributed by atoms with Crippen molar-refractivity contribution >= 4 is 79.5 Å². The summed E-state index contributed by atoms with van der Waals surface area (Å²) in [6.45, 7) is 4.36. The molecular weight excluding hydrogens is 585 g/mol.